The van der Waals surface area contributed by atoms with E-state index in [2.05, 4.69) is 19.1 Å². The molecule has 0 spiro atoms. The van der Waals surface area contributed by atoms with Crippen LogP contribution in [0.4, 0.5) is 0 Å². The Kier molecular flexibility index (Phi) is 4.10. The largest absolute Gasteiger partial charge is 0.468 e. The summed E-state index contributed by atoms with van der Waals surface area (Å²) < 4.78 is 10.6. The van der Waals surface area contributed by atoms with Crippen molar-refractivity contribution in [1.82, 2.24) is 0 Å². The number of ether oxygens (including phenoxy) is 2. The van der Waals surface area contributed by atoms with Crippen LogP contribution in [-0.2, 0) is 11.2 Å². The van der Waals surface area contributed by atoms with Gasteiger partial charge in [0.25, 0.3) is 0 Å². The molecule has 132 valence electrons. The minimum Gasteiger partial charge on any atom is -0.468 e. The highest BCUT2D eigenvalue weighted by atomic mass is 16.7. The first kappa shape index (κ1) is 16.4. The molecular weight excluding hydrogens is 304 g/mol. The Labute approximate surface area is 143 Å². The van der Waals surface area contributed by atoms with Crippen LogP contribution >= 0.6 is 0 Å². The first-order valence-electron chi connectivity index (χ1n) is 9.15. The summed E-state index contributed by atoms with van der Waals surface area (Å²) in [6.07, 6.45) is 3.94. The van der Waals surface area contributed by atoms with Gasteiger partial charge in [0.15, 0.2) is 6.79 Å². The number of rotatable bonds is 3. The number of aliphatic hydroxyl groups excluding tert-OH is 2. The molecule has 0 bridgehead atoms. The van der Waals surface area contributed by atoms with E-state index in [9.17, 15) is 10.2 Å². The number of aryl methyl sites for hydroxylation is 1. The van der Waals surface area contributed by atoms with Crippen LogP contribution in [0.3, 0.4) is 0 Å². The van der Waals surface area contributed by atoms with Crippen molar-refractivity contribution < 1.29 is 19.7 Å². The van der Waals surface area contributed by atoms with Crippen LogP contribution < -0.4 is 4.74 Å². The molecule has 24 heavy (non-hydrogen) atoms. The Morgan fingerprint density at radius 3 is 2.88 bits per heavy atom. The van der Waals surface area contributed by atoms with Gasteiger partial charge in [0.05, 0.1) is 12.2 Å². The van der Waals surface area contributed by atoms with E-state index in [1.165, 1.54) is 11.1 Å². The molecule has 0 unspecified atom stereocenters. The smallest absolute Gasteiger partial charge is 0.188 e. The molecule has 0 saturated heterocycles. The lowest BCUT2D eigenvalue weighted by molar-refractivity contribution is -0.0505. The second-order valence-corrected chi connectivity index (χ2v) is 8.12. The van der Waals surface area contributed by atoms with Crippen LogP contribution in [0.1, 0.15) is 49.7 Å². The summed E-state index contributed by atoms with van der Waals surface area (Å²) in [6.45, 7) is 2.47. The summed E-state index contributed by atoms with van der Waals surface area (Å²) in [5.74, 6) is 2.44. The van der Waals surface area contributed by atoms with Crippen LogP contribution in [0.25, 0.3) is 0 Å². The summed E-state index contributed by atoms with van der Waals surface area (Å²) in [5.41, 5.74) is 2.74. The van der Waals surface area contributed by atoms with Gasteiger partial charge in [-0.3, -0.25) is 0 Å². The normalized spacial score (nSPS) is 40.6. The van der Waals surface area contributed by atoms with Crippen LogP contribution in [0.15, 0.2) is 18.2 Å². The standard InChI is InChI=1S/C20H28O4/c1-20-8-7-15-14-6-4-13(24-11-23-2)9-12(14)3-5-16(15)17(20)10-18(21)19(20)22/h4,6,9,15-19,21-22H,3,5,7-8,10-11H2,1-2H3/t15-,16-,17+,18+,19+,20+/m1/s1. The van der Waals surface area contributed by atoms with E-state index in [1.54, 1.807) is 7.11 Å². The number of fused-ring (bicyclic) bond motifs is 5. The topological polar surface area (TPSA) is 58.9 Å². The van der Waals surface area contributed by atoms with Crippen LogP contribution in [0.5, 0.6) is 5.75 Å². The van der Waals surface area contributed by atoms with Crippen LogP contribution in [-0.4, -0.2) is 36.3 Å². The van der Waals surface area contributed by atoms with Gasteiger partial charge in [-0.1, -0.05) is 13.0 Å². The Hall–Kier alpha value is -1.10. The third kappa shape index (κ3) is 2.39. The average Bonchev–Trinajstić information content (AvgIpc) is 2.83. The molecular formula is C20H28O4. The number of hydrogen-bond acceptors (Lipinski definition) is 4. The zero-order chi connectivity index (χ0) is 16.9. The fourth-order valence-corrected chi connectivity index (χ4v) is 5.76. The number of hydrogen-bond donors (Lipinski definition) is 2. The van der Waals surface area contributed by atoms with E-state index in [0.29, 0.717) is 17.8 Å². The minimum absolute atomic E-state index is 0.112. The summed E-state index contributed by atoms with van der Waals surface area (Å²) in [7, 11) is 1.63. The van der Waals surface area contributed by atoms with Crippen molar-refractivity contribution in [3.63, 3.8) is 0 Å². The van der Waals surface area contributed by atoms with Crippen molar-refractivity contribution in [2.45, 2.75) is 57.2 Å². The molecule has 0 radical (unpaired) electrons. The summed E-state index contributed by atoms with van der Waals surface area (Å²) in [4.78, 5) is 0. The fraction of sp³-hybridized carbons (Fsp3) is 0.700. The maximum atomic E-state index is 10.5. The summed E-state index contributed by atoms with van der Waals surface area (Å²) in [5, 5.41) is 20.7. The van der Waals surface area contributed by atoms with E-state index in [4.69, 9.17) is 9.47 Å². The van der Waals surface area contributed by atoms with E-state index in [1.807, 2.05) is 6.07 Å². The predicted molar refractivity (Wildman–Crippen MR) is 91.0 cm³/mol. The van der Waals surface area contributed by atoms with E-state index >= 15 is 0 Å². The lowest BCUT2D eigenvalue weighted by Gasteiger charge is -2.49. The molecule has 2 N–H and O–H groups in total. The van der Waals surface area contributed by atoms with Gasteiger partial charge >= 0.3 is 0 Å². The van der Waals surface area contributed by atoms with Gasteiger partial charge in [0.2, 0.25) is 0 Å². The molecule has 4 rings (SSSR count). The highest BCUT2D eigenvalue weighted by Gasteiger charge is 2.57. The van der Waals surface area contributed by atoms with Crippen molar-refractivity contribution in [3.05, 3.63) is 29.3 Å². The zero-order valence-electron chi connectivity index (χ0n) is 14.6. The van der Waals surface area contributed by atoms with E-state index in [0.717, 1.165) is 37.9 Å². The highest BCUT2D eigenvalue weighted by molar-refractivity contribution is 5.40. The molecule has 2 saturated carbocycles. The molecule has 3 aliphatic carbocycles. The maximum absolute atomic E-state index is 10.5. The van der Waals surface area contributed by atoms with Crippen molar-refractivity contribution in [2.75, 3.05) is 13.9 Å². The second kappa shape index (κ2) is 6.01. The Bertz CT molecular complexity index is 616. The molecule has 6 atom stereocenters. The molecule has 0 aromatic heterocycles. The third-order valence-electron chi connectivity index (χ3n) is 7.01. The molecule has 4 nitrogen and oxygen atoms in total. The van der Waals surface area contributed by atoms with Gasteiger partial charge in [-0.2, -0.15) is 0 Å². The maximum Gasteiger partial charge on any atom is 0.188 e. The quantitative estimate of drug-likeness (QED) is 0.836. The Morgan fingerprint density at radius 1 is 1.25 bits per heavy atom. The van der Waals surface area contributed by atoms with E-state index in [-0.39, 0.29) is 12.2 Å². The SMILES string of the molecule is COCOc1ccc2c(c1)CC[C@@H]1[C@@H]2CC[C@]2(C)[C@@H](O)[C@@H](O)C[C@@H]12. The summed E-state index contributed by atoms with van der Waals surface area (Å²) in [6, 6.07) is 6.44. The first-order chi connectivity index (χ1) is 11.5. The summed E-state index contributed by atoms with van der Waals surface area (Å²) >= 11 is 0. The number of benzene rings is 1. The van der Waals surface area contributed by atoms with Gasteiger partial charge < -0.3 is 19.7 Å². The second-order valence-electron chi connectivity index (χ2n) is 8.12. The molecule has 4 heteroatoms. The van der Waals surface area contributed by atoms with Gasteiger partial charge in [-0.25, -0.2) is 0 Å². The molecule has 1 aromatic rings. The van der Waals surface area contributed by atoms with E-state index < -0.39 is 12.2 Å². The van der Waals surface area contributed by atoms with Gasteiger partial charge in [0.1, 0.15) is 5.75 Å². The first-order valence-corrected chi connectivity index (χ1v) is 9.15. The van der Waals surface area contributed by atoms with Gasteiger partial charge in [-0.05, 0) is 78.5 Å². The average molecular weight is 332 g/mol. The number of aliphatic hydroxyl groups is 2. The fourth-order valence-electron chi connectivity index (χ4n) is 5.76. The van der Waals surface area contributed by atoms with Crippen molar-refractivity contribution in [2.24, 2.45) is 17.3 Å². The molecule has 2 fully saturated rings. The molecule has 1 aromatic carbocycles. The van der Waals surface area contributed by atoms with Gasteiger partial charge in [0, 0.05) is 7.11 Å². The lowest BCUT2D eigenvalue weighted by Crippen LogP contribution is -2.44. The third-order valence-corrected chi connectivity index (χ3v) is 7.01. The highest BCUT2D eigenvalue weighted by Crippen LogP contribution is 2.60. The Morgan fingerprint density at radius 2 is 2.08 bits per heavy atom. The zero-order valence-corrected chi connectivity index (χ0v) is 14.6. The van der Waals surface area contributed by atoms with Gasteiger partial charge in [-0.15, -0.1) is 0 Å². The van der Waals surface area contributed by atoms with Crippen molar-refractivity contribution >= 4 is 0 Å². The minimum atomic E-state index is -0.560. The van der Waals surface area contributed by atoms with Crippen molar-refractivity contribution in [1.29, 1.82) is 0 Å². The molecule has 0 heterocycles. The molecule has 3 aliphatic rings. The lowest BCUT2D eigenvalue weighted by atomic mass is 9.55. The predicted octanol–water partition coefficient (Wildman–Crippen LogP) is 2.86. The van der Waals surface area contributed by atoms with Crippen LogP contribution in [0, 0.1) is 17.3 Å². The molecule has 0 amide bonds. The van der Waals surface area contributed by atoms with Crippen molar-refractivity contribution in [3.8, 4) is 5.75 Å². The monoisotopic (exact) mass is 332 g/mol. The molecule has 0 aliphatic heterocycles. The Balaban J connectivity index is 1.60. The van der Waals surface area contributed by atoms with Crippen LogP contribution in [0.2, 0.25) is 0 Å². The number of methoxy groups -OCH3 is 1.